The van der Waals surface area contributed by atoms with Crippen LogP contribution in [0.5, 0.6) is 0 Å². The maximum atomic E-state index is 12.9. The quantitative estimate of drug-likeness (QED) is 0.893. The summed E-state index contributed by atoms with van der Waals surface area (Å²) in [7, 11) is 0. The van der Waals surface area contributed by atoms with Crippen LogP contribution in [0.15, 0.2) is 18.3 Å². The lowest BCUT2D eigenvalue weighted by molar-refractivity contribution is 0.178. The first-order valence-corrected chi connectivity index (χ1v) is 6.73. The number of halogens is 1. The molecule has 100 valence electrons. The molecule has 1 aliphatic rings. The normalized spacial score (nSPS) is 26.4. The van der Waals surface area contributed by atoms with Gasteiger partial charge < -0.3 is 5.73 Å². The van der Waals surface area contributed by atoms with E-state index in [1.807, 2.05) is 0 Å². The van der Waals surface area contributed by atoms with Crippen molar-refractivity contribution >= 4 is 0 Å². The number of nitrogens with zero attached hydrogens (tertiary/aromatic N) is 2. The van der Waals surface area contributed by atoms with Gasteiger partial charge in [0.25, 0.3) is 0 Å². The van der Waals surface area contributed by atoms with Gasteiger partial charge >= 0.3 is 0 Å². The lowest BCUT2D eigenvalue weighted by atomic mass is 10.1. The Morgan fingerprint density at radius 2 is 2.33 bits per heavy atom. The van der Waals surface area contributed by atoms with Crippen molar-refractivity contribution in [2.45, 2.75) is 38.8 Å². The lowest BCUT2D eigenvalue weighted by Gasteiger charge is -2.30. The highest BCUT2D eigenvalue weighted by atomic mass is 19.1. The molecule has 0 aliphatic carbocycles. The van der Waals surface area contributed by atoms with Crippen LogP contribution in [-0.4, -0.2) is 29.0 Å². The zero-order chi connectivity index (χ0) is 13.1. The summed E-state index contributed by atoms with van der Waals surface area (Å²) < 4.78 is 12.9. The molecule has 3 nitrogen and oxygen atoms in total. The molecule has 2 heterocycles. The van der Waals surface area contributed by atoms with Crippen LogP contribution < -0.4 is 5.73 Å². The molecular weight excluding hydrogens is 229 g/mol. The Balaban J connectivity index is 2.16. The summed E-state index contributed by atoms with van der Waals surface area (Å²) in [5.74, 6) is 0.303. The van der Waals surface area contributed by atoms with Crippen LogP contribution in [0.1, 0.15) is 38.4 Å². The molecule has 1 aliphatic heterocycles. The number of likely N-dealkylation sites (tertiary alicyclic amines) is 1. The van der Waals surface area contributed by atoms with Crippen LogP contribution in [0.25, 0.3) is 0 Å². The topological polar surface area (TPSA) is 42.2 Å². The SMILES string of the molecule is CCC(c1ccc(F)cn1)N1CC(CN)CC1C. The van der Waals surface area contributed by atoms with Crippen molar-refractivity contribution in [3.05, 3.63) is 29.8 Å². The molecule has 3 atom stereocenters. The Labute approximate surface area is 108 Å². The van der Waals surface area contributed by atoms with E-state index in [2.05, 4.69) is 23.7 Å². The number of hydrogen-bond acceptors (Lipinski definition) is 3. The fourth-order valence-corrected chi connectivity index (χ4v) is 2.97. The van der Waals surface area contributed by atoms with Crippen LogP contribution in [0.2, 0.25) is 0 Å². The summed E-state index contributed by atoms with van der Waals surface area (Å²) in [5.41, 5.74) is 6.73. The molecule has 0 saturated carbocycles. The third-order valence-electron chi connectivity index (χ3n) is 3.92. The molecule has 4 heteroatoms. The van der Waals surface area contributed by atoms with E-state index >= 15 is 0 Å². The predicted molar refractivity (Wildman–Crippen MR) is 70.6 cm³/mol. The fraction of sp³-hybridized carbons (Fsp3) is 0.643. The van der Waals surface area contributed by atoms with Gasteiger partial charge in [-0.1, -0.05) is 6.92 Å². The van der Waals surface area contributed by atoms with E-state index < -0.39 is 0 Å². The first-order valence-electron chi connectivity index (χ1n) is 6.73. The zero-order valence-electron chi connectivity index (χ0n) is 11.1. The Morgan fingerprint density at radius 3 is 2.83 bits per heavy atom. The highest BCUT2D eigenvalue weighted by Crippen LogP contribution is 2.32. The summed E-state index contributed by atoms with van der Waals surface area (Å²) in [6.45, 7) is 6.16. The Hall–Kier alpha value is -1.00. The fourth-order valence-electron chi connectivity index (χ4n) is 2.97. The summed E-state index contributed by atoms with van der Waals surface area (Å²) in [6, 6.07) is 4.09. The molecule has 1 saturated heterocycles. The number of hydrogen-bond donors (Lipinski definition) is 1. The minimum absolute atomic E-state index is 0.275. The van der Waals surface area contributed by atoms with Gasteiger partial charge in [0.1, 0.15) is 5.82 Å². The first-order chi connectivity index (χ1) is 8.65. The maximum Gasteiger partial charge on any atom is 0.141 e. The molecule has 1 aromatic heterocycles. The highest BCUT2D eigenvalue weighted by molar-refractivity contribution is 5.11. The van der Waals surface area contributed by atoms with Crippen LogP contribution in [0, 0.1) is 11.7 Å². The van der Waals surface area contributed by atoms with Gasteiger partial charge in [-0.3, -0.25) is 9.88 Å². The third kappa shape index (κ3) is 2.70. The van der Waals surface area contributed by atoms with E-state index in [0.29, 0.717) is 12.0 Å². The molecule has 0 aromatic carbocycles. The van der Waals surface area contributed by atoms with Gasteiger partial charge in [-0.2, -0.15) is 0 Å². The van der Waals surface area contributed by atoms with Gasteiger partial charge in [0.15, 0.2) is 0 Å². The summed E-state index contributed by atoms with van der Waals surface area (Å²) >= 11 is 0. The Morgan fingerprint density at radius 1 is 1.56 bits per heavy atom. The van der Waals surface area contributed by atoms with E-state index in [0.717, 1.165) is 31.6 Å². The minimum atomic E-state index is -0.275. The molecular formula is C14H22FN3. The van der Waals surface area contributed by atoms with Crippen molar-refractivity contribution in [1.82, 2.24) is 9.88 Å². The monoisotopic (exact) mass is 251 g/mol. The van der Waals surface area contributed by atoms with Crippen LogP contribution >= 0.6 is 0 Å². The summed E-state index contributed by atoms with van der Waals surface area (Å²) in [4.78, 5) is 6.69. The zero-order valence-corrected chi connectivity index (χ0v) is 11.1. The first kappa shape index (κ1) is 13.4. The van der Waals surface area contributed by atoms with Gasteiger partial charge in [-0.15, -0.1) is 0 Å². The smallest absolute Gasteiger partial charge is 0.141 e. The standard InChI is InChI=1S/C14H22FN3/c1-3-14(13-5-4-12(15)8-17-13)18-9-11(7-16)6-10(18)2/h4-5,8,10-11,14H,3,6-7,9,16H2,1-2H3. The van der Waals surface area contributed by atoms with Crippen LogP contribution in [0.4, 0.5) is 4.39 Å². The molecule has 0 amide bonds. The maximum absolute atomic E-state index is 12.9. The van der Waals surface area contributed by atoms with Crippen LogP contribution in [-0.2, 0) is 0 Å². The Bertz CT molecular complexity index is 379. The van der Waals surface area contributed by atoms with Crippen molar-refractivity contribution in [3.63, 3.8) is 0 Å². The van der Waals surface area contributed by atoms with Crippen molar-refractivity contribution in [3.8, 4) is 0 Å². The van der Waals surface area contributed by atoms with E-state index in [-0.39, 0.29) is 11.9 Å². The van der Waals surface area contributed by atoms with Crippen molar-refractivity contribution in [1.29, 1.82) is 0 Å². The molecule has 18 heavy (non-hydrogen) atoms. The molecule has 3 unspecified atom stereocenters. The van der Waals surface area contributed by atoms with E-state index in [1.165, 1.54) is 12.3 Å². The lowest BCUT2D eigenvalue weighted by Crippen LogP contribution is -2.32. The van der Waals surface area contributed by atoms with Gasteiger partial charge in [0.05, 0.1) is 17.9 Å². The molecule has 0 radical (unpaired) electrons. The molecule has 0 spiro atoms. The van der Waals surface area contributed by atoms with E-state index in [4.69, 9.17) is 5.73 Å². The average Bonchev–Trinajstić information content (AvgIpc) is 2.74. The van der Waals surface area contributed by atoms with Crippen molar-refractivity contribution < 1.29 is 4.39 Å². The molecule has 1 aromatic rings. The van der Waals surface area contributed by atoms with E-state index in [9.17, 15) is 4.39 Å². The van der Waals surface area contributed by atoms with Gasteiger partial charge in [-0.05, 0) is 44.4 Å². The molecule has 0 bridgehead atoms. The van der Waals surface area contributed by atoms with Gasteiger partial charge in [0, 0.05) is 12.6 Å². The number of nitrogens with two attached hydrogens (primary N) is 1. The Kier molecular flexibility index (Phi) is 4.30. The van der Waals surface area contributed by atoms with Crippen molar-refractivity contribution in [2.75, 3.05) is 13.1 Å². The minimum Gasteiger partial charge on any atom is -0.330 e. The second-order valence-corrected chi connectivity index (χ2v) is 5.21. The molecule has 2 N–H and O–H groups in total. The largest absolute Gasteiger partial charge is 0.330 e. The summed E-state index contributed by atoms with van der Waals surface area (Å²) in [6.07, 6.45) is 3.44. The van der Waals surface area contributed by atoms with Crippen molar-refractivity contribution in [2.24, 2.45) is 11.7 Å². The number of aromatic nitrogens is 1. The predicted octanol–water partition coefficient (Wildman–Crippen LogP) is 2.34. The highest BCUT2D eigenvalue weighted by Gasteiger charge is 2.33. The van der Waals surface area contributed by atoms with Gasteiger partial charge in [0.2, 0.25) is 0 Å². The second kappa shape index (κ2) is 5.76. The van der Waals surface area contributed by atoms with E-state index in [1.54, 1.807) is 6.07 Å². The van der Waals surface area contributed by atoms with Gasteiger partial charge in [-0.25, -0.2) is 4.39 Å². The molecule has 1 fully saturated rings. The summed E-state index contributed by atoms with van der Waals surface area (Å²) in [5, 5.41) is 0. The third-order valence-corrected chi connectivity index (χ3v) is 3.92. The molecule has 2 rings (SSSR count). The number of rotatable bonds is 4. The average molecular weight is 251 g/mol. The second-order valence-electron chi connectivity index (χ2n) is 5.21. The number of pyridine rings is 1. The van der Waals surface area contributed by atoms with Crippen LogP contribution in [0.3, 0.4) is 0 Å².